The quantitative estimate of drug-likeness (QED) is 0.740. The number of hydrogen-bond acceptors (Lipinski definition) is 2. The molecule has 0 spiro atoms. The van der Waals surface area contributed by atoms with E-state index in [1.54, 1.807) is 0 Å². The van der Waals surface area contributed by atoms with Gasteiger partial charge >= 0.3 is 0 Å². The lowest BCUT2D eigenvalue weighted by molar-refractivity contribution is -0.105. The summed E-state index contributed by atoms with van der Waals surface area (Å²) in [6.45, 7) is 0. The highest BCUT2D eigenvalue weighted by Crippen LogP contribution is 2.24. The first kappa shape index (κ1) is 10.4. The van der Waals surface area contributed by atoms with Gasteiger partial charge < -0.3 is 9.88 Å². The summed E-state index contributed by atoms with van der Waals surface area (Å²) in [4.78, 5) is 21.1. The van der Waals surface area contributed by atoms with Crippen LogP contribution in [0.25, 0.3) is 0 Å². The van der Waals surface area contributed by atoms with Crippen LogP contribution < -0.4 is 10.9 Å². The average molecular weight is 202 g/mol. The zero-order valence-corrected chi connectivity index (χ0v) is 7.33. The summed E-state index contributed by atoms with van der Waals surface area (Å²) >= 11 is 0. The van der Waals surface area contributed by atoms with Crippen LogP contribution in [0.1, 0.15) is 12.0 Å². The third kappa shape index (κ3) is 1.95. The number of halogens is 2. The predicted octanol–water partition coefficient (Wildman–Crippen LogP) is 0.891. The van der Waals surface area contributed by atoms with Crippen molar-refractivity contribution in [1.82, 2.24) is 4.57 Å². The normalized spacial score (nSPS) is 10.3. The van der Waals surface area contributed by atoms with Crippen molar-refractivity contribution < 1.29 is 13.6 Å². The van der Waals surface area contributed by atoms with E-state index < -0.39 is 17.5 Å². The molecule has 6 heteroatoms. The van der Waals surface area contributed by atoms with Crippen molar-refractivity contribution in [2.75, 3.05) is 5.32 Å². The summed E-state index contributed by atoms with van der Waals surface area (Å²) in [5.41, 5.74) is -1.07. The fourth-order valence-electron chi connectivity index (χ4n) is 1.01. The summed E-state index contributed by atoms with van der Waals surface area (Å²) in [6.07, 6.45) is -1.35. The molecule has 1 aromatic rings. The molecule has 0 unspecified atom stereocenters. The van der Waals surface area contributed by atoms with Crippen LogP contribution >= 0.6 is 0 Å². The van der Waals surface area contributed by atoms with E-state index in [0.29, 0.717) is 0 Å². The van der Waals surface area contributed by atoms with Crippen LogP contribution in [0.4, 0.5) is 14.5 Å². The number of nitrogens with zero attached hydrogens (tertiary/aromatic N) is 1. The first-order valence-electron chi connectivity index (χ1n) is 3.75. The van der Waals surface area contributed by atoms with Gasteiger partial charge in [-0.25, -0.2) is 8.78 Å². The molecular weight excluding hydrogens is 194 g/mol. The number of pyridine rings is 1. The molecule has 1 aromatic heterocycles. The van der Waals surface area contributed by atoms with Gasteiger partial charge in [0.2, 0.25) is 6.41 Å². The zero-order chi connectivity index (χ0) is 10.7. The van der Waals surface area contributed by atoms with Gasteiger partial charge in [0.1, 0.15) is 0 Å². The van der Waals surface area contributed by atoms with Crippen molar-refractivity contribution in [2.45, 2.75) is 6.43 Å². The van der Waals surface area contributed by atoms with Gasteiger partial charge in [-0.15, -0.1) is 0 Å². The van der Waals surface area contributed by atoms with Crippen molar-refractivity contribution in [3.05, 3.63) is 28.2 Å². The number of nitrogens with one attached hydrogen (secondary N) is 1. The van der Waals surface area contributed by atoms with E-state index in [9.17, 15) is 18.4 Å². The summed E-state index contributed by atoms with van der Waals surface area (Å²) in [5.74, 6) is 0. The maximum Gasteiger partial charge on any atom is 0.266 e. The standard InChI is InChI=1S/C8H8F2N2O2/c1-12-3-6(11-4-13)5(8(9)10)2-7(12)14/h2-4,8H,1H3,(H,11,13). The number of aromatic nitrogens is 1. The van der Waals surface area contributed by atoms with Crippen molar-refractivity contribution in [3.63, 3.8) is 0 Å². The Morgan fingerprint density at radius 1 is 1.57 bits per heavy atom. The largest absolute Gasteiger partial charge is 0.327 e. The molecule has 0 fully saturated rings. The third-order valence-electron chi connectivity index (χ3n) is 1.71. The highest BCUT2D eigenvalue weighted by Gasteiger charge is 2.14. The van der Waals surface area contributed by atoms with E-state index in [4.69, 9.17) is 0 Å². The molecule has 0 aliphatic carbocycles. The lowest BCUT2D eigenvalue weighted by Gasteiger charge is -2.08. The first-order valence-corrected chi connectivity index (χ1v) is 3.75. The van der Waals surface area contributed by atoms with Crippen molar-refractivity contribution in [1.29, 1.82) is 0 Å². The average Bonchev–Trinajstić information content (AvgIpc) is 2.11. The molecule has 0 bridgehead atoms. The molecule has 0 aromatic carbocycles. The molecule has 1 heterocycles. The minimum atomic E-state index is -2.79. The number of aryl methyl sites for hydroxylation is 1. The maximum absolute atomic E-state index is 12.4. The molecule has 4 nitrogen and oxygen atoms in total. The van der Waals surface area contributed by atoms with Gasteiger partial charge in [-0.2, -0.15) is 0 Å². The smallest absolute Gasteiger partial charge is 0.266 e. The van der Waals surface area contributed by atoms with Gasteiger partial charge in [0.25, 0.3) is 12.0 Å². The Morgan fingerprint density at radius 2 is 2.21 bits per heavy atom. The maximum atomic E-state index is 12.4. The van der Waals surface area contributed by atoms with Gasteiger partial charge in [-0.1, -0.05) is 0 Å². The number of rotatable bonds is 3. The highest BCUT2D eigenvalue weighted by molar-refractivity contribution is 5.72. The Bertz CT molecular complexity index is 401. The number of alkyl halides is 2. The van der Waals surface area contributed by atoms with E-state index in [-0.39, 0.29) is 12.1 Å². The second kappa shape index (κ2) is 3.99. The molecule has 1 N–H and O–H groups in total. The molecule has 0 aliphatic rings. The zero-order valence-electron chi connectivity index (χ0n) is 7.33. The fraction of sp³-hybridized carbons (Fsp3) is 0.250. The molecule has 0 atom stereocenters. The number of carbonyl (C=O) groups is 1. The Kier molecular flexibility index (Phi) is 2.95. The number of carbonyl (C=O) groups excluding carboxylic acids is 1. The topological polar surface area (TPSA) is 51.1 Å². The van der Waals surface area contributed by atoms with Crippen LogP contribution in [0.2, 0.25) is 0 Å². The van der Waals surface area contributed by atoms with Gasteiger partial charge in [0, 0.05) is 24.9 Å². The number of hydrogen-bond donors (Lipinski definition) is 1. The minimum Gasteiger partial charge on any atom is -0.327 e. The SMILES string of the molecule is Cn1cc(NC=O)c(C(F)F)cc1=O. The lowest BCUT2D eigenvalue weighted by atomic mass is 10.2. The van der Waals surface area contributed by atoms with Gasteiger partial charge in [0.05, 0.1) is 5.69 Å². The summed E-state index contributed by atoms with van der Waals surface area (Å²) in [6, 6.07) is 0.802. The Labute approximate surface area is 78.2 Å². The Hall–Kier alpha value is -1.72. The molecule has 1 rings (SSSR count). The lowest BCUT2D eigenvalue weighted by Crippen LogP contribution is -2.17. The predicted molar refractivity (Wildman–Crippen MR) is 46.3 cm³/mol. The highest BCUT2D eigenvalue weighted by atomic mass is 19.3. The van der Waals surface area contributed by atoms with Crippen molar-refractivity contribution in [3.8, 4) is 0 Å². The summed E-state index contributed by atoms with van der Waals surface area (Å²) < 4.78 is 25.8. The molecule has 0 saturated carbocycles. The van der Waals surface area contributed by atoms with Crippen molar-refractivity contribution >= 4 is 12.1 Å². The van der Waals surface area contributed by atoms with Crippen LogP contribution in [0.5, 0.6) is 0 Å². The number of anilines is 1. The van der Waals surface area contributed by atoms with E-state index in [1.165, 1.54) is 7.05 Å². The van der Waals surface area contributed by atoms with Crippen LogP contribution in [-0.4, -0.2) is 11.0 Å². The molecule has 0 radical (unpaired) electrons. The van der Waals surface area contributed by atoms with E-state index in [0.717, 1.165) is 16.8 Å². The number of amides is 1. The van der Waals surface area contributed by atoms with E-state index >= 15 is 0 Å². The molecule has 1 amide bonds. The van der Waals surface area contributed by atoms with Crippen LogP contribution in [0.3, 0.4) is 0 Å². The third-order valence-corrected chi connectivity index (χ3v) is 1.71. The fourth-order valence-corrected chi connectivity index (χ4v) is 1.01. The molecule has 76 valence electrons. The first-order chi connectivity index (χ1) is 6.56. The molecular formula is C8H8F2N2O2. The van der Waals surface area contributed by atoms with Crippen LogP contribution in [0.15, 0.2) is 17.1 Å². The summed E-state index contributed by atoms with van der Waals surface area (Å²) in [5, 5.41) is 2.11. The van der Waals surface area contributed by atoms with Crippen LogP contribution in [0, 0.1) is 0 Å². The second-order valence-corrected chi connectivity index (χ2v) is 2.65. The molecule has 0 saturated heterocycles. The summed E-state index contributed by atoms with van der Waals surface area (Å²) in [7, 11) is 1.41. The van der Waals surface area contributed by atoms with Gasteiger partial charge in [0.15, 0.2) is 0 Å². The molecule has 14 heavy (non-hydrogen) atoms. The van der Waals surface area contributed by atoms with Gasteiger partial charge in [-0.05, 0) is 0 Å². The monoisotopic (exact) mass is 202 g/mol. The van der Waals surface area contributed by atoms with Gasteiger partial charge in [-0.3, -0.25) is 9.59 Å². The van der Waals surface area contributed by atoms with Crippen LogP contribution in [-0.2, 0) is 11.8 Å². The minimum absolute atomic E-state index is 0.0582. The second-order valence-electron chi connectivity index (χ2n) is 2.65. The van der Waals surface area contributed by atoms with E-state index in [2.05, 4.69) is 5.32 Å². The Balaban J connectivity index is 3.30. The Morgan fingerprint density at radius 3 is 2.71 bits per heavy atom. The van der Waals surface area contributed by atoms with E-state index in [1.807, 2.05) is 0 Å². The molecule has 0 aliphatic heterocycles. The van der Waals surface area contributed by atoms with Crippen molar-refractivity contribution in [2.24, 2.45) is 7.05 Å².